The van der Waals surface area contributed by atoms with Gasteiger partial charge < -0.3 is 4.90 Å². The highest BCUT2D eigenvalue weighted by molar-refractivity contribution is 7.85. The van der Waals surface area contributed by atoms with Crippen molar-refractivity contribution in [3.8, 4) is 0 Å². The molecule has 0 amide bonds. The highest BCUT2D eigenvalue weighted by atomic mass is 35.5. The van der Waals surface area contributed by atoms with Crippen molar-refractivity contribution in [1.82, 2.24) is 4.90 Å². The van der Waals surface area contributed by atoms with Crippen molar-refractivity contribution in [2.24, 2.45) is 0 Å². The van der Waals surface area contributed by atoms with Gasteiger partial charge in [-0.1, -0.05) is 18.5 Å². The van der Waals surface area contributed by atoms with Crippen molar-refractivity contribution in [1.29, 1.82) is 0 Å². The van der Waals surface area contributed by atoms with Gasteiger partial charge in [0.2, 0.25) is 0 Å². The molecule has 0 fully saturated rings. The van der Waals surface area contributed by atoms with Crippen LogP contribution in [0.4, 0.5) is 17.1 Å². The van der Waals surface area contributed by atoms with Gasteiger partial charge in [-0.2, -0.15) is 0 Å². The average Bonchev–Trinajstić information content (AvgIpc) is 2.57. The van der Waals surface area contributed by atoms with E-state index in [1.54, 1.807) is 24.3 Å². The minimum Gasteiger partial charge on any atom is -0.323 e. The van der Waals surface area contributed by atoms with E-state index in [1.807, 2.05) is 14.1 Å². The summed E-state index contributed by atoms with van der Waals surface area (Å²) in [6.45, 7) is 2.06. The predicted molar refractivity (Wildman–Crippen MR) is 99.1 cm³/mol. The second kappa shape index (κ2) is 6.74. The number of benzene rings is 2. The van der Waals surface area contributed by atoms with Gasteiger partial charge in [0.25, 0.3) is 5.69 Å². The first-order valence-corrected chi connectivity index (χ1v) is 9.33. The van der Waals surface area contributed by atoms with E-state index in [9.17, 15) is 14.3 Å². The van der Waals surface area contributed by atoms with E-state index in [0.717, 1.165) is 12.1 Å². The van der Waals surface area contributed by atoms with Gasteiger partial charge in [0.05, 0.1) is 43.1 Å². The quantitative estimate of drug-likeness (QED) is 0.589. The Labute approximate surface area is 153 Å². The third-order valence-corrected chi connectivity index (χ3v) is 5.96. The number of hydrogen-bond acceptors (Lipinski definition) is 5. The normalized spacial score (nSPS) is 17.2. The molecule has 0 spiro atoms. The molecule has 6 nitrogen and oxygen atoms in total. The summed E-state index contributed by atoms with van der Waals surface area (Å²) < 4.78 is 13.0. The lowest BCUT2D eigenvalue weighted by Crippen LogP contribution is -2.43. The maximum Gasteiger partial charge on any atom is 0.270 e. The van der Waals surface area contributed by atoms with Gasteiger partial charge in [0.15, 0.2) is 0 Å². The van der Waals surface area contributed by atoms with E-state index in [2.05, 4.69) is 16.7 Å². The van der Waals surface area contributed by atoms with Crippen molar-refractivity contribution in [3.63, 3.8) is 0 Å². The average molecular weight is 380 g/mol. The summed E-state index contributed by atoms with van der Waals surface area (Å²) >= 11 is 6.18. The first-order chi connectivity index (χ1) is 11.8. The Morgan fingerprint density at radius 2 is 1.92 bits per heavy atom. The Balaban J connectivity index is 2.28. The van der Waals surface area contributed by atoms with Gasteiger partial charge in [-0.05, 0) is 44.8 Å². The second-order valence-electron chi connectivity index (χ2n) is 6.01. The van der Waals surface area contributed by atoms with Gasteiger partial charge in [0, 0.05) is 17.2 Å². The van der Waals surface area contributed by atoms with Crippen molar-refractivity contribution in [3.05, 3.63) is 51.5 Å². The Kier molecular flexibility index (Phi) is 4.81. The summed E-state index contributed by atoms with van der Waals surface area (Å²) in [5.41, 5.74) is 1.41. The summed E-state index contributed by atoms with van der Waals surface area (Å²) in [5.74, 6) is 0. The standard InChI is InChI=1S/C17H18ClN3O3S/c1-4-17(19(2)3)20-13-7-6-12(21(22)23)10-16(13)25(24)15-8-5-11(18)9-14(15)20/h5-10,17H,4H2,1-3H3. The molecule has 2 atom stereocenters. The van der Waals surface area contributed by atoms with E-state index in [0.29, 0.717) is 20.5 Å². The van der Waals surface area contributed by atoms with Crippen LogP contribution in [0.5, 0.6) is 0 Å². The molecular weight excluding hydrogens is 362 g/mol. The van der Waals surface area contributed by atoms with Crippen LogP contribution in [0, 0.1) is 10.1 Å². The summed E-state index contributed by atoms with van der Waals surface area (Å²) in [6, 6.07) is 9.73. The SMILES string of the molecule is CCC(N(C)C)N1c2cc(Cl)ccc2S(=O)c2cc([N+](=O)[O-])ccc21. The van der Waals surface area contributed by atoms with Crippen LogP contribution in [0.25, 0.3) is 0 Å². The molecule has 132 valence electrons. The highest BCUT2D eigenvalue weighted by Gasteiger charge is 2.34. The monoisotopic (exact) mass is 379 g/mol. The summed E-state index contributed by atoms with van der Waals surface area (Å²) in [5, 5.41) is 11.7. The molecule has 0 saturated heterocycles. The number of anilines is 2. The van der Waals surface area contributed by atoms with Gasteiger partial charge in [0.1, 0.15) is 0 Å². The van der Waals surface area contributed by atoms with Crippen molar-refractivity contribution < 1.29 is 9.13 Å². The zero-order valence-electron chi connectivity index (χ0n) is 14.1. The molecule has 0 aromatic heterocycles. The number of nitro benzene ring substituents is 1. The molecule has 2 unspecified atom stereocenters. The van der Waals surface area contributed by atoms with Crippen LogP contribution in [0.2, 0.25) is 5.02 Å². The van der Waals surface area contributed by atoms with Crippen molar-refractivity contribution >= 4 is 39.5 Å². The van der Waals surface area contributed by atoms with Crippen LogP contribution < -0.4 is 4.90 Å². The van der Waals surface area contributed by atoms with Crippen LogP contribution in [0.3, 0.4) is 0 Å². The smallest absolute Gasteiger partial charge is 0.270 e. The lowest BCUT2D eigenvalue weighted by Gasteiger charge is -2.41. The molecule has 0 aliphatic carbocycles. The molecule has 0 radical (unpaired) electrons. The highest BCUT2D eigenvalue weighted by Crippen LogP contribution is 2.45. The number of hydrogen-bond donors (Lipinski definition) is 0. The van der Waals surface area contributed by atoms with E-state index in [4.69, 9.17) is 11.6 Å². The maximum absolute atomic E-state index is 13.0. The third-order valence-electron chi connectivity index (χ3n) is 4.25. The molecule has 0 saturated carbocycles. The van der Waals surface area contributed by atoms with Crippen LogP contribution >= 0.6 is 11.6 Å². The Bertz CT molecular complexity index is 872. The number of rotatable bonds is 4. The summed E-state index contributed by atoms with van der Waals surface area (Å²) in [6.07, 6.45) is 0.803. The van der Waals surface area contributed by atoms with E-state index in [-0.39, 0.29) is 11.9 Å². The number of nitrogens with zero attached hydrogens (tertiary/aromatic N) is 3. The fourth-order valence-corrected chi connectivity index (χ4v) is 4.67. The molecule has 25 heavy (non-hydrogen) atoms. The molecule has 2 aromatic rings. The van der Waals surface area contributed by atoms with E-state index in [1.165, 1.54) is 12.1 Å². The van der Waals surface area contributed by atoms with E-state index >= 15 is 0 Å². The molecule has 0 N–H and O–H groups in total. The number of non-ortho nitro benzene ring substituents is 1. The minimum atomic E-state index is -1.50. The molecule has 3 rings (SSSR count). The predicted octanol–water partition coefficient (Wildman–Crippen LogP) is 4.16. The van der Waals surface area contributed by atoms with Gasteiger partial charge in [-0.15, -0.1) is 0 Å². The maximum atomic E-state index is 13.0. The fraction of sp³-hybridized carbons (Fsp3) is 0.294. The second-order valence-corrected chi connectivity index (χ2v) is 7.87. The lowest BCUT2D eigenvalue weighted by atomic mass is 10.1. The molecule has 1 aliphatic heterocycles. The Hall–Kier alpha value is -1.96. The first-order valence-electron chi connectivity index (χ1n) is 7.80. The molecule has 0 bridgehead atoms. The van der Waals surface area contributed by atoms with Crippen molar-refractivity contribution in [2.75, 3.05) is 19.0 Å². The zero-order chi connectivity index (χ0) is 18.3. The number of nitro groups is 1. The Morgan fingerprint density at radius 1 is 1.20 bits per heavy atom. The Morgan fingerprint density at radius 3 is 2.52 bits per heavy atom. The molecule has 8 heteroatoms. The topological polar surface area (TPSA) is 66.7 Å². The van der Waals surface area contributed by atoms with Gasteiger partial charge in [-0.25, -0.2) is 4.21 Å². The minimum absolute atomic E-state index is 0.00489. The third kappa shape index (κ3) is 3.03. The molecule has 1 heterocycles. The van der Waals surface area contributed by atoms with Gasteiger partial charge >= 0.3 is 0 Å². The van der Waals surface area contributed by atoms with Crippen LogP contribution in [-0.4, -0.2) is 34.3 Å². The molecule has 2 aromatic carbocycles. The van der Waals surface area contributed by atoms with Gasteiger partial charge in [-0.3, -0.25) is 15.0 Å². The van der Waals surface area contributed by atoms with Crippen LogP contribution in [0.15, 0.2) is 46.2 Å². The number of halogens is 1. The molecule has 1 aliphatic rings. The number of fused-ring (bicyclic) bond motifs is 2. The van der Waals surface area contributed by atoms with Crippen molar-refractivity contribution in [2.45, 2.75) is 29.3 Å². The van der Waals surface area contributed by atoms with Crippen LogP contribution in [-0.2, 0) is 10.8 Å². The largest absolute Gasteiger partial charge is 0.323 e. The van der Waals surface area contributed by atoms with E-state index < -0.39 is 15.7 Å². The van der Waals surface area contributed by atoms with Crippen LogP contribution in [0.1, 0.15) is 13.3 Å². The first kappa shape index (κ1) is 17.8. The zero-order valence-corrected chi connectivity index (χ0v) is 15.7. The summed E-state index contributed by atoms with van der Waals surface area (Å²) in [4.78, 5) is 15.8. The fourth-order valence-electron chi connectivity index (χ4n) is 3.15. The molecular formula is C17H18ClN3O3S. The summed E-state index contributed by atoms with van der Waals surface area (Å²) in [7, 11) is 2.43. The lowest BCUT2D eigenvalue weighted by molar-refractivity contribution is -0.385.